The zero-order chi connectivity index (χ0) is 19.4. The number of rotatable bonds is 3. The van der Waals surface area contributed by atoms with E-state index in [1.54, 1.807) is 0 Å². The van der Waals surface area contributed by atoms with Gasteiger partial charge in [-0.3, -0.25) is 0 Å². The van der Waals surface area contributed by atoms with Gasteiger partial charge in [0.15, 0.2) is 0 Å². The van der Waals surface area contributed by atoms with Crippen molar-refractivity contribution in [3.63, 3.8) is 0 Å². The largest absolute Gasteiger partial charge is 0.355 e. The van der Waals surface area contributed by atoms with Gasteiger partial charge in [-0.1, -0.05) is 41.9 Å². The van der Waals surface area contributed by atoms with E-state index in [4.69, 9.17) is 16.6 Å². The van der Waals surface area contributed by atoms with Crippen LogP contribution in [0.25, 0.3) is 21.8 Å². The van der Waals surface area contributed by atoms with Crippen LogP contribution in [0.5, 0.6) is 0 Å². The van der Waals surface area contributed by atoms with Crippen molar-refractivity contribution >= 4 is 39.2 Å². The second-order valence-electron chi connectivity index (χ2n) is 8.57. The van der Waals surface area contributed by atoms with E-state index < -0.39 is 0 Å². The lowest BCUT2D eigenvalue weighted by Gasteiger charge is -2.48. The minimum Gasteiger partial charge on any atom is -0.355 e. The lowest BCUT2D eigenvalue weighted by Crippen LogP contribution is -2.57. The van der Waals surface area contributed by atoms with Crippen molar-refractivity contribution in [1.29, 1.82) is 0 Å². The van der Waals surface area contributed by atoms with Crippen molar-refractivity contribution < 1.29 is 0 Å². The number of para-hydroxylation sites is 1. The Bertz CT molecular complexity index is 1210. The van der Waals surface area contributed by atoms with Crippen LogP contribution in [0, 0.1) is 5.41 Å². The molecule has 2 aromatic carbocycles. The molecule has 0 atom stereocenters. The Balaban J connectivity index is 1.47. The Morgan fingerprint density at radius 3 is 2.76 bits per heavy atom. The number of fused-ring (bicyclic) bond motifs is 3. The molecule has 2 aromatic heterocycles. The minimum atomic E-state index is 0.447. The summed E-state index contributed by atoms with van der Waals surface area (Å²) in [6.07, 6.45) is 3.46. The average molecular weight is 403 g/mol. The third kappa shape index (κ3) is 2.82. The van der Waals surface area contributed by atoms with Crippen LogP contribution < -0.4 is 10.2 Å². The Hall–Kier alpha value is -2.56. The summed E-state index contributed by atoms with van der Waals surface area (Å²) in [6.45, 7) is 5.27. The van der Waals surface area contributed by atoms with E-state index in [2.05, 4.69) is 57.4 Å². The van der Waals surface area contributed by atoms with Gasteiger partial charge in [-0.2, -0.15) is 0 Å². The summed E-state index contributed by atoms with van der Waals surface area (Å²) in [4.78, 5) is 7.55. The Morgan fingerprint density at radius 2 is 1.93 bits per heavy atom. The molecule has 2 aliphatic rings. The summed E-state index contributed by atoms with van der Waals surface area (Å²) in [7, 11) is 0. The molecule has 2 aliphatic heterocycles. The SMILES string of the molecule is Clc1cccc(Cn2ccc3c(N4CC5(CCNC5)C4)nc4ccccc4c32)c1. The highest BCUT2D eigenvalue weighted by atomic mass is 35.5. The van der Waals surface area contributed by atoms with Gasteiger partial charge in [-0.05, 0) is 42.8 Å². The highest BCUT2D eigenvalue weighted by molar-refractivity contribution is 6.30. The van der Waals surface area contributed by atoms with E-state index in [0.717, 1.165) is 49.1 Å². The highest BCUT2D eigenvalue weighted by Gasteiger charge is 2.45. The molecule has 0 radical (unpaired) electrons. The number of hydrogen-bond acceptors (Lipinski definition) is 3. The van der Waals surface area contributed by atoms with Crippen LogP contribution >= 0.6 is 11.6 Å². The van der Waals surface area contributed by atoms with E-state index in [9.17, 15) is 0 Å². The van der Waals surface area contributed by atoms with Crippen molar-refractivity contribution in [2.75, 3.05) is 31.1 Å². The number of anilines is 1. The van der Waals surface area contributed by atoms with Gasteiger partial charge in [0.1, 0.15) is 5.82 Å². The molecule has 29 heavy (non-hydrogen) atoms. The standard InChI is InChI=1S/C24H23ClN4/c25-18-5-3-4-17(12-18)13-28-11-8-20-22(28)19-6-1-2-7-21(19)27-23(20)29-15-24(16-29)9-10-26-14-24/h1-8,11-12,26H,9-10,13-16H2. The fraction of sp³-hybridized carbons (Fsp3) is 0.292. The maximum atomic E-state index is 6.22. The lowest BCUT2D eigenvalue weighted by molar-refractivity contribution is 0.242. The van der Waals surface area contributed by atoms with Crippen LogP contribution in [0.2, 0.25) is 5.02 Å². The Morgan fingerprint density at radius 1 is 1.03 bits per heavy atom. The van der Waals surface area contributed by atoms with E-state index >= 15 is 0 Å². The smallest absolute Gasteiger partial charge is 0.138 e. The molecular formula is C24H23ClN4. The molecule has 2 saturated heterocycles. The molecule has 0 bridgehead atoms. The zero-order valence-corrected chi connectivity index (χ0v) is 17.0. The fourth-order valence-corrected chi connectivity index (χ4v) is 5.29. The molecule has 1 spiro atoms. The Labute approximate surface area is 175 Å². The van der Waals surface area contributed by atoms with E-state index in [1.807, 2.05) is 18.2 Å². The van der Waals surface area contributed by atoms with Gasteiger partial charge in [0.25, 0.3) is 0 Å². The number of aromatic nitrogens is 2. The molecule has 4 aromatic rings. The quantitative estimate of drug-likeness (QED) is 0.539. The third-order valence-electron chi connectivity index (χ3n) is 6.52. The molecule has 2 fully saturated rings. The van der Waals surface area contributed by atoms with E-state index in [-0.39, 0.29) is 0 Å². The van der Waals surface area contributed by atoms with Gasteiger partial charge in [-0.25, -0.2) is 4.98 Å². The molecule has 6 rings (SSSR count). The Kier molecular flexibility index (Phi) is 3.87. The van der Waals surface area contributed by atoms with Crippen LogP contribution in [0.1, 0.15) is 12.0 Å². The summed E-state index contributed by atoms with van der Waals surface area (Å²) in [5, 5.41) is 6.75. The predicted octanol–water partition coefficient (Wildman–Crippen LogP) is 4.69. The van der Waals surface area contributed by atoms with Crippen LogP contribution in [0.15, 0.2) is 60.8 Å². The summed E-state index contributed by atoms with van der Waals surface area (Å²) < 4.78 is 2.33. The minimum absolute atomic E-state index is 0.447. The van der Waals surface area contributed by atoms with Gasteiger partial charge < -0.3 is 14.8 Å². The third-order valence-corrected chi connectivity index (χ3v) is 6.75. The monoisotopic (exact) mass is 402 g/mol. The molecule has 4 heterocycles. The zero-order valence-electron chi connectivity index (χ0n) is 16.2. The van der Waals surface area contributed by atoms with Gasteiger partial charge in [0.05, 0.1) is 11.0 Å². The van der Waals surface area contributed by atoms with Gasteiger partial charge in [0.2, 0.25) is 0 Å². The van der Waals surface area contributed by atoms with Gasteiger partial charge >= 0.3 is 0 Å². The molecule has 0 unspecified atom stereocenters. The number of pyridine rings is 1. The number of benzene rings is 2. The van der Waals surface area contributed by atoms with Crippen molar-refractivity contribution in [1.82, 2.24) is 14.9 Å². The van der Waals surface area contributed by atoms with E-state index in [0.29, 0.717) is 5.41 Å². The topological polar surface area (TPSA) is 33.1 Å². The number of halogens is 1. The molecule has 5 heteroatoms. The lowest BCUT2D eigenvalue weighted by atomic mass is 9.79. The molecule has 1 N–H and O–H groups in total. The van der Waals surface area contributed by atoms with Crippen molar-refractivity contribution in [2.45, 2.75) is 13.0 Å². The normalized spacial score (nSPS) is 18.0. The van der Waals surface area contributed by atoms with Crippen molar-refractivity contribution in [3.05, 3.63) is 71.4 Å². The molecule has 4 nitrogen and oxygen atoms in total. The van der Waals surface area contributed by atoms with Crippen LogP contribution in [-0.4, -0.2) is 35.7 Å². The molecule has 0 aliphatic carbocycles. The van der Waals surface area contributed by atoms with Crippen LogP contribution in [0.3, 0.4) is 0 Å². The first kappa shape index (κ1) is 17.3. The average Bonchev–Trinajstić information content (AvgIpc) is 3.34. The number of hydrogen-bond donors (Lipinski definition) is 1. The molecule has 0 amide bonds. The van der Waals surface area contributed by atoms with Crippen molar-refractivity contribution in [3.8, 4) is 0 Å². The second-order valence-corrected chi connectivity index (χ2v) is 9.01. The van der Waals surface area contributed by atoms with Crippen molar-refractivity contribution in [2.24, 2.45) is 5.41 Å². The number of nitrogens with one attached hydrogen (secondary N) is 1. The van der Waals surface area contributed by atoms with Gasteiger partial charge in [0, 0.05) is 53.6 Å². The molecule has 146 valence electrons. The first-order valence-electron chi connectivity index (χ1n) is 10.3. The van der Waals surface area contributed by atoms with Gasteiger partial charge in [-0.15, -0.1) is 0 Å². The maximum absolute atomic E-state index is 6.22. The highest BCUT2D eigenvalue weighted by Crippen LogP contribution is 2.42. The molecule has 0 saturated carbocycles. The maximum Gasteiger partial charge on any atom is 0.138 e. The van der Waals surface area contributed by atoms with E-state index in [1.165, 1.54) is 28.3 Å². The fourth-order valence-electron chi connectivity index (χ4n) is 5.08. The molecular weight excluding hydrogens is 380 g/mol. The second kappa shape index (κ2) is 6.48. The summed E-state index contributed by atoms with van der Waals surface area (Å²) >= 11 is 6.22. The summed E-state index contributed by atoms with van der Waals surface area (Å²) in [6, 6.07) is 18.8. The summed E-state index contributed by atoms with van der Waals surface area (Å²) in [5.41, 5.74) is 3.98. The summed E-state index contributed by atoms with van der Waals surface area (Å²) in [5.74, 6) is 1.13. The van der Waals surface area contributed by atoms with Crippen LogP contribution in [-0.2, 0) is 6.54 Å². The number of nitrogens with zero attached hydrogens (tertiary/aromatic N) is 3. The first-order valence-corrected chi connectivity index (χ1v) is 10.7. The first-order chi connectivity index (χ1) is 14.2. The van der Waals surface area contributed by atoms with Crippen LogP contribution in [0.4, 0.5) is 5.82 Å². The predicted molar refractivity (Wildman–Crippen MR) is 120 cm³/mol.